The Morgan fingerprint density at radius 3 is 2.85 bits per heavy atom. The van der Waals surface area contributed by atoms with E-state index in [1.165, 1.54) is 6.07 Å². The molecule has 1 saturated heterocycles. The molecule has 0 aliphatic carbocycles. The number of carbonyl (C=O) groups is 1. The number of aryl methyl sites for hydroxylation is 1. The van der Waals surface area contributed by atoms with Gasteiger partial charge < -0.3 is 19.5 Å². The Bertz CT molecular complexity index is 757. The summed E-state index contributed by atoms with van der Waals surface area (Å²) in [6, 6.07) is 4.46. The number of hydrogen-bond donors (Lipinski definition) is 1. The van der Waals surface area contributed by atoms with Gasteiger partial charge in [-0.25, -0.2) is 9.18 Å². The molecule has 0 saturated carbocycles. The summed E-state index contributed by atoms with van der Waals surface area (Å²) in [4.78, 5) is 18.2. The summed E-state index contributed by atoms with van der Waals surface area (Å²) in [5.41, 5.74) is 0.944. The summed E-state index contributed by atoms with van der Waals surface area (Å²) >= 11 is 0. The number of amides is 2. The van der Waals surface area contributed by atoms with Crippen molar-refractivity contribution in [2.24, 2.45) is 0 Å². The van der Waals surface area contributed by atoms with Gasteiger partial charge in [0.2, 0.25) is 5.89 Å². The van der Waals surface area contributed by atoms with Crippen LogP contribution in [0.4, 0.5) is 14.9 Å². The first-order valence-corrected chi connectivity index (χ1v) is 8.75. The lowest BCUT2D eigenvalue weighted by Gasteiger charge is -2.32. The molecule has 26 heavy (non-hydrogen) atoms. The second-order valence-corrected chi connectivity index (χ2v) is 6.38. The molecule has 1 aliphatic heterocycles. The van der Waals surface area contributed by atoms with Gasteiger partial charge in [-0.3, -0.25) is 0 Å². The first-order chi connectivity index (χ1) is 12.5. The van der Waals surface area contributed by atoms with Crippen molar-refractivity contribution in [3.8, 4) is 0 Å². The molecule has 3 rings (SSSR count). The summed E-state index contributed by atoms with van der Waals surface area (Å²) in [6.07, 6.45) is 2.25. The lowest BCUT2D eigenvalue weighted by Crippen LogP contribution is -2.43. The van der Waals surface area contributed by atoms with Crippen LogP contribution in [0.1, 0.15) is 30.1 Å². The zero-order valence-electron chi connectivity index (χ0n) is 15.0. The van der Waals surface area contributed by atoms with Gasteiger partial charge in [0.05, 0.1) is 12.7 Å². The van der Waals surface area contributed by atoms with E-state index in [0.29, 0.717) is 49.1 Å². The topological polar surface area (TPSA) is 80.5 Å². The number of likely N-dealkylation sites (tertiary alicyclic amines) is 1. The van der Waals surface area contributed by atoms with Crippen molar-refractivity contribution in [2.75, 3.05) is 25.0 Å². The van der Waals surface area contributed by atoms with Crippen molar-refractivity contribution in [1.82, 2.24) is 15.0 Å². The normalized spacial score (nSPS) is 15.3. The molecule has 0 bridgehead atoms. The first kappa shape index (κ1) is 18.3. The summed E-state index contributed by atoms with van der Waals surface area (Å²) in [5.74, 6) is 0.865. The van der Waals surface area contributed by atoms with Crippen LogP contribution in [0, 0.1) is 19.7 Å². The highest BCUT2D eigenvalue weighted by Gasteiger charge is 2.23. The van der Waals surface area contributed by atoms with Crippen LogP contribution in [0.5, 0.6) is 0 Å². The zero-order chi connectivity index (χ0) is 18.5. The second kappa shape index (κ2) is 8.27. The van der Waals surface area contributed by atoms with Gasteiger partial charge in [0.25, 0.3) is 0 Å². The average molecular weight is 362 g/mol. The highest BCUT2D eigenvalue weighted by Crippen LogP contribution is 2.20. The second-order valence-electron chi connectivity index (χ2n) is 6.38. The van der Waals surface area contributed by atoms with Gasteiger partial charge in [-0.05, 0) is 31.9 Å². The number of hydrogen-bond acceptors (Lipinski definition) is 5. The van der Waals surface area contributed by atoms with Gasteiger partial charge in [-0.1, -0.05) is 11.2 Å². The average Bonchev–Trinajstić information content (AvgIpc) is 3.05. The van der Waals surface area contributed by atoms with E-state index in [1.54, 1.807) is 30.9 Å². The maximum Gasteiger partial charge on any atom is 0.321 e. The number of halogens is 1. The standard InChI is InChI=1S/C18H23FN4O3/c1-12-15(19)4-3-5-16(12)21-18(24)23-9-6-14(7-10-23)25-11-8-17-20-13(2)26-22-17/h3-5,14H,6-11H2,1-2H3,(H,21,24). The SMILES string of the molecule is Cc1nc(CCOC2CCN(C(=O)Nc3cccc(F)c3C)CC2)no1. The van der Waals surface area contributed by atoms with Gasteiger partial charge in [0, 0.05) is 37.7 Å². The van der Waals surface area contributed by atoms with Crippen LogP contribution in [0.15, 0.2) is 22.7 Å². The fourth-order valence-corrected chi connectivity index (χ4v) is 2.92. The molecule has 1 N–H and O–H groups in total. The van der Waals surface area contributed by atoms with Crippen molar-refractivity contribution < 1.29 is 18.4 Å². The van der Waals surface area contributed by atoms with Gasteiger partial charge in [-0.2, -0.15) is 4.98 Å². The molecule has 1 aromatic carbocycles. The zero-order valence-corrected chi connectivity index (χ0v) is 15.0. The first-order valence-electron chi connectivity index (χ1n) is 8.75. The van der Waals surface area contributed by atoms with Crippen molar-refractivity contribution in [3.05, 3.63) is 41.3 Å². The fourth-order valence-electron chi connectivity index (χ4n) is 2.92. The Balaban J connectivity index is 1.41. The van der Waals surface area contributed by atoms with Crippen LogP contribution in [-0.4, -0.2) is 46.9 Å². The van der Waals surface area contributed by atoms with Crippen LogP contribution in [0.25, 0.3) is 0 Å². The minimum Gasteiger partial charge on any atom is -0.378 e. The van der Waals surface area contributed by atoms with E-state index in [2.05, 4.69) is 15.5 Å². The van der Waals surface area contributed by atoms with E-state index in [-0.39, 0.29) is 18.0 Å². The number of benzene rings is 1. The number of ether oxygens (including phenoxy) is 1. The van der Waals surface area contributed by atoms with E-state index in [9.17, 15) is 9.18 Å². The van der Waals surface area contributed by atoms with E-state index < -0.39 is 0 Å². The van der Waals surface area contributed by atoms with Crippen molar-refractivity contribution in [3.63, 3.8) is 0 Å². The molecule has 0 atom stereocenters. The molecule has 0 unspecified atom stereocenters. The van der Waals surface area contributed by atoms with Crippen LogP contribution >= 0.6 is 0 Å². The van der Waals surface area contributed by atoms with Crippen LogP contribution in [-0.2, 0) is 11.2 Å². The smallest absolute Gasteiger partial charge is 0.321 e. The molecular formula is C18H23FN4O3. The van der Waals surface area contributed by atoms with Crippen LogP contribution < -0.4 is 5.32 Å². The highest BCUT2D eigenvalue weighted by atomic mass is 19.1. The largest absolute Gasteiger partial charge is 0.378 e. The Kier molecular flexibility index (Phi) is 5.82. The van der Waals surface area contributed by atoms with E-state index >= 15 is 0 Å². The number of nitrogens with one attached hydrogen (secondary N) is 1. The molecule has 1 fully saturated rings. The van der Waals surface area contributed by atoms with E-state index in [1.807, 2.05) is 0 Å². The van der Waals surface area contributed by atoms with Gasteiger partial charge in [0.15, 0.2) is 5.82 Å². The maximum atomic E-state index is 13.6. The summed E-state index contributed by atoms with van der Waals surface area (Å²) in [7, 11) is 0. The number of aromatic nitrogens is 2. The third-order valence-corrected chi connectivity index (χ3v) is 4.49. The molecule has 140 valence electrons. The molecule has 2 heterocycles. The van der Waals surface area contributed by atoms with Crippen LogP contribution in [0.2, 0.25) is 0 Å². The van der Waals surface area contributed by atoms with Gasteiger partial charge >= 0.3 is 6.03 Å². The number of rotatable bonds is 5. The molecule has 0 radical (unpaired) electrons. The van der Waals surface area contributed by atoms with Crippen molar-refractivity contribution in [2.45, 2.75) is 39.2 Å². The minimum atomic E-state index is -0.327. The monoisotopic (exact) mass is 362 g/mol. The number of anilines is 1. The maximum absolute atomic E-state index is 13.6. The molecule has 0 spiro atoms. The van der Waals surface area contributed by atoms with Gasteiger partial charge in [0.1, 0.15) is 5.82 Å². The predicted molar refractivity (Wildman–Crippen MR) is 93.4 cm³/mol. The molecule has 2 amide bonds. The van der Waals surface area contributed by atoms with Crippen molar-refractivity contribution in [1.29, 1.82) is 0 Å². The molecule has 8 heteroatoms. The third kappa shape index (κ3) is 4.57. The summed E-state index contributed by atoms with van der Waals surface area (Å²) in [6.45, 7) is 5.14. The Labute approximate surface area is 151 Å². The number of carbonyl (C=O) groups excluding carboxylic acids is 1. The predicted octanol–water partition coefficient (Wildman–Crippen LogP) is 3.08. The summed E-state index contributed by atoms with van der Waals surface area (Å²) in [5, 5.41) is 6.61. The third-order valence-electron chi connectivity index (χ3n) is 4.49. The minimum absolute atomic E-state index is 0.114. The van der Waals surface area contributed by atoms with E-state index in [4.69, 9.17) is 9.26 Å². The van der Waals surface area contributed by atoms with E-state index in [0.717, 1.165) is 12.8 Å². The summed E-state index contributed by atoms with van der Waals surface area (Å²) < 4.78 is 24.3. The Morgan fingerprint density at radius 1 is 1.38 bits per heavy atom. The number of piperidine rings is 1. The lowest BCUT2D eigenvalue weighted by molar-refractivity contribution is 0.0168. The lowest BCUT2D eigenvalue weighted by atomic mass is 10.1. The van der Waals surface area contributed by atoms with Gasteiger partial charge in [-0.15, -0.1) is 0 Å². The molecule has 1 aliphatic rings. The van der Waals surface area contributed by atoms with Crippen molar-refractivity contribution >= 4 is 11.7 Å². The fraction of sp³-hybridized carbons (Fsp3) is 0.500. The Morgan fingerprint density at radius 2 is 2.15 bits per heavy atom. The quantitative estimate of drug-likeness (QED) is 0.884. The van der Waals surface area contributed by atoms with Crippen LogP contribution in [0.3, 0.4) is 0 Å². The molecule has 2 aromatic rings. The molecular weight excluding hydrogens is 339 g/mol. The molecule has 7 nitrogen and oxygen atoms in total. The highest BCUT2D eigenvalue weighted by molar-refractivity contribution is 5.90. The molecule has 1 aromatic heterocycles. The number of urea groups is 1. The number of nitrogens with zero attached hydrogens (tertiary/aromatic N) is 3. The Hall–Kier alpha value is -2.48.